The molecule has 1 heterocycles. The Kier molecular flexibility index (Phi) is 6.29. The predicted molar refractivity (Wildman–Crippen MR) is 91.6 cm³/mol. The minimum atomic E-state index is -1.01. The fourth-order valence-corrected chi connectivity index (χ4v) is 3.24. The van der Waals surface area contributed by atoms with Crippen molar-refractivity contribution in [3.8, 4) is 0 Å². The largest absolute Gasteiger partial charge is 0.480 e. The molecule has 0 aliphatic carbocycles. The van der Waals surface area contributed by atoms with E-state index in [1.54, 1.807) is 17.4 Å². The van der Waals surface area contributed by atoms with Gasteiger partial charge < -0.3 is 10.4 Å². The lowest BCUT2D eigenvalue weighted by Crippen LogP contribution is -2.40. The molecule has 2 aromatic rings. The number of nitrogens with zero attached hydrogens (tertiary/aromatic N) is 1. The van der Waals surface area contributed by atoms with Crippen molar-refractivity contribution in [2.24, 2.45) is 0 Å². The summed E-state index contributed by atoms with van der Waals surface area (Å²) in [4.78, 5) is 27.5. The van der Waals surface area contributed by atoms with Crippen molar-refractivity contribution in [3.63, 3.8) is 0 Å². The molecule has 1 atom stereocenters. The minimum Gasteiger partial charge on any atom is -0.480 e. The van der Waals surface area contributed by atoms with Crippen LogP contribution >= 0.6 is 11.3 Å². The highest BCUT2D eigenvalue weighted by Crippen LogP contribution is 2.22. The molecule has 0 saturated carbocycles. The van der Waals surface area contributed by atoms with Crippen LogP contribution in [0.1, 0.15) is 30.7 Å². The van der Waals surface area contributed by atoms with Gasteiger partial charge in [-0.3, -0.25) is 4.79 Å². The number of carbonyl (C=O) groups excluding carboxylic acids is 1. The number of aromatic nitrogens is 1. The molecule has 6 heteroatoms. The third kappa shape index (κ3) is 5.17. The molecule has 0 bridgehead atoms. The first-order valence-electron chi connectivity index (χ1n) is 7.57. The standard InChI is InChI=1S/C17H20N2O3S/c1-2-3-7-13(17(21)22)18-15(20)10-6-11-16-19-12-8-4-5-9-14(12)23-16/h2,4-5,8-9,13H,1,3,6-7,10-11H2,(H,18,20)(H,21,22). The van der Waals surface area contributed by atoms with Crippen LogP contribution in [0.25, 0.3) is 10.2 Å². The number of aliphatic carboxylic acids is 1. The van der Waals surface area contributed by atoms with E-state index in [1.807, 2.05) is 24.3 Å². The fraction of sp³-hybridized carbons (Fsp3) is 0.353. The third-order valence-corrected chi connectivity index (χ3v) is 4.52. The van der Waals surface area contributed by atoms with Crippen LogP contribution in [-0.2, 0) is 16.0 Å². The van der Waals surface area contributed by atoms with E-state index in [1.165, 1.54) is 0 Å². The number of fused-ring (bicyclic) bond motifs is 1. The van der Waals surface area contributed by atoms with Crippen molar-refractivity contribution in [1.29, 1.82) is 0 Å². The van der Waals surface area contributed by atoms with Crippen molar-refractivity contribution < 1.29 is 14.7 Å². The molecule has 0 saturated heterocycles. The van der Waals surface area contributed by atoms with E-state index in [-0.39, 0.29) is 5.91 Å². The second kappa shape index (κ2) is 8.43. The molecule has 1 unspecified atom stereocenters. The van der Waals surface area contributed by atoms with Gasteiger partial charge in [0.05, 0.1) is 15.2 Å². The predicted octanol–water partition coefficient (Wildman–Crippen LogP) is 3.15. The van der Waals surface area contributed by atoms with Gasteiger partial charge in [0.25, 0.3) is 0 Å². The number of hydrogen-bond acceptors (Lipinski definition) is 4. The molecule has 5 nitrogen and oxygen atoms in total. The summed E-state index contributed by atoms with van der Waals surface area (Å²) in [5, 5.41) is 12.6. The number of thiazole rings is 1. The Labute approximate surface area is 139 Å². The van der Waals surface area contributed by atoms with E-state index >= 15 is 0 Å². The van der Waals surface area contributed by atoms with Crippen molar-refractivity contribution in [3.05, 3.63) is 41.9 Å². The molecule has 0 radical (unpaired) electrons. The van der Waals surface area contributed by atoms with Crippen LogP contribution in [0.4, 0.5) is 0 Å². The molecule has 0 aliphatic rings. The van der Waals surface area contributed by atoms with Gasteiger partial charge in [0, 0.05) is 6.42 Å². The molecule has 0 spiro atoms. The quantitative estimate of drug-likeness (QED) is 0.691. The molecule has 122 valence electrons. The number of aryl methyl sites for hydroxylation is 1. The van der Waals surface area contributed by atoms with Crippen molar-refractivity contribution in [2.75, 3.05) is 0 Å². The van der Waals surface area contributed by atoms with Gasteiger partial charge in [-0.05, 0) is 37.8 Å². The first-order valence-corrected chi connectivity index (χ1v) is 8.39. The molecule has 1 aromatic carbocycles. The van der Waals surface area contributed by atoms with Gasteiger partial charge in [-0.1, -0.05) is 18.2 Å². The van der Waals surface area contributed by atoms with Gasteiger partial charge in [-0.2, -0.15) is 0 Å². The van der Waals surface area contributed by atoms with Gasteiger partial charge in [-0.25, -0.2) is 9.78 Å². The first kappa shape index (κ1) is 17.1. The molecule has 2 N–H and O–H groups in total. The number of carboxylic acid groups (broad SMARTS) is 1. The highest BCUT2D eigenvalue weighted by molar-refractivity contribution is 7.18. The van der Waals surface area contributed by atoms with Gasteiger partial charge in [0.1, 0.15) is 6.04 Å². The minimum absolute atomic E-state index is 0.234. The number of amides is 1. The average molecular weight is 332 g/mol. The molecule has 1 aromatic heterocycles. The molecular weight excluding hydrogens is 312 g/mol. The number of allylic oxidation sites excluding steroid dienone is 1. The maximum absolute atomic E-state index is 11.9. The number of hydrogen-bond donors (Lipinski definition) is 2. The Bertz CT molecular complexity index is 663. The summed E-state index contributed by atoms with van der Waals surface area (Å²) < 4.78 is 1.14. The van der Waals surface area contributed by atoms with E-state index in [4.69, 9.17) is 5.11 Å². The number of para-hydroxylation sites is 1. The van der Waals surface area contributed by atoms with Gasteiger partial charge >= 0.3 is 5.97 Å². The lowest BCUT2D eigenvalue weighted by Gasteiger charge is -2.13. The second-order valence-electron chi connectivity index (χ2n) is 5.25. The summed E-state index contributed by atoms with van der Waals surface area (Å²) in [6.45, 7) is 3.56. The molecule has 2 rings (SSSR count). The Hall–Kier alpha value is -2.21. The van der Waals surface area contributed by atoms with Gasteiger partial charge in [0.15, 0.2) is 0 Å². The number of carboxylic acids is 1. The number of rotatable bonds is 9. The SMILES string of the molecule is C=CCCC(NC(=O)CCCc1nc2ccccc2s1)C(=O)O. The molecular formula is C17H20N2O3S. The zero-order valence-corrected chi connectivity index (χ0v) is 13.6. The van der Waals surface area contributed by atoms with E-state index in [9.17, 15) is 9.59 Å². The van der Waals surface area contributed by atoms with Crippen LogP contribution in [0, 0.1) is 0 Å². The maximum Gasteiger partial charge on any atom is 0.326 e. The maximum atomic E-state index is 11.9. The topological polar surface area (TPSA) is 79.3 Å². The summed E-state index contributed by atoms with van der Waals surface area (Å²) in [5.74, 6) is -1.24. The van der Waals surface area contributed by atoms with Crippen molar-refractivity contribution in [1.82, 2.24) is 10.3 Å². The molecule has 1 amide bonds. The summed E-state index contributed by atoms with van der Waals surface area (Å²) in [7, 11) is 0. The van der Waals surface area contributed by atoms with Crippen LogP contribution in [0.3, 0.4) is 0 Å². The Balaban J connectivity index is 1.79. The smallest absolute Gasteiger partial charge is 0.326 e. The normalized spacial score (nSPS) is 12.0. The Morgan fingerprint density at radius 1 is 1.39 bits per heavy atom. The van der Waals surface area contributed by atoms with Crippen LogP contribution in [0.2, 0.25) is 0 Å². The average Bonchev–Trinajstić information content (AvgIpc) is 2.93. The van der Waals surface area contributed by atoms with E-state index in [0.717, 1.165) is 21.6 Å². The lowest BCUT2D eigenvalue weighted by atomic mass is 10.1. The summed E-state index contributed by atoms with van der Waals surface area (Å²) >= 11 is 1.63. The Morgan fingerprint density at radius 2 is 2.17 bits per heavy atom. The second-order valence-corrected chi connectivity index (χ2v) is 6.37. The summed E-state index contributed by atoms with van der Waals surface area (Å²) in [6, 6.07) is 7.09. The molecule has 23 heavy (non-hydrogen) atoms. The van der Waals surface area contributed by atoms with Crippen molar-refractivity contribution in [2.45, 2.75) is 38.1 Å². The highest BCUT2D eigenvalue weighted by atomic mass is 32.1. The number of benzene rings is 1. The van der Waals surface area contributed by atoms with Crippen LogP contribution in [0.5, 0.6) is 0 Å². The van der Waals surface area contributed by atoms with E-state index in [2.05, 4.69) is 16.9 Å². The monoisotopic (exact) mass is 332 g/mol. The first-order chi connectivity index (χ1) is 11.1. The zero-order valence-electron chi connectivity index (χ0n) is 12.8. The zero-order chi connectivity index (χ0) is 16.7. The fourth-order valence-electron chi connectivity index (χ4n) is 2.24. The Morgan fingerprint density at radius 3 is 2.87 bits per heavy atom. The third-order valence-electron chi connectivity index (χ3n) is 3.43. The summed E-state index contributed by atoms with van der Waals surface area (Å²) in [5.41, 5.74) is 0.979. The van der Waals surface area contributed by atoms with Gasteiger partial charge in [-0.15, -0.1) is 17.9 Å². The van der Waals surface area contributed by atoms with Crippen LogP contribution < -0.4 is 5.32 Å². The van der Waals surface area contributed by atoms with E-state index < -0.39 is 12.0 Å². The van der Waals surface area contributed by atoms with Crippen LogP contribution in [-0.4, -0.2) is 28.0 Å². The van der Waals surface area contributed by atoms with E-state index in [0.29, 0.717) is 25.7 Å². The number of carbonyl (C=O) groups is 2. The van der Waals surface area contributed by atoms with Gasteiger partial charge in [0.2, 0.25) is 5.91 Å². The van der Waals surface area contributed by atoms with Crippen molar-refractivity contribution >= 4 is 33.4 Å². The molecule has 0 aliphatic heterocycles. The highest BCUT2D eigenvalue weighted by Gasteiger charge is 2.18. The number of nitrogens with one attached hydrogen (secondary N) is 1. The van der Waals surface area contributed by atoms with Crippen LogP contribution in [0.15, 0.2) is 36.9 Å². The lowest BCUT2D eigenvalue weighted by molar-refractivity contribution is -0.142. The molecule has 0 fully saturated rings. The summed E-state index contributed by atoms with van der Waals surface area (Å²) in [6.07, 6.45) is 4.24.